The van der Waals surface area contributed by atoms with Gasteiger partial charge in [0.15, 0.2) is 0 Å². The summed E-state index contributed by atoms with van der Waals surface area (Å²) in [5.74, 6) is -1.80. The lowest BCUT2D eigenvalue weighted by Gasteiger charge is -2.45. The van der Waals surface area contributed by atoms with Crippen LogP contribution in [0.4, 0.5) is 19.0 Å². The Hall–Kier alpha value is -1.57. The van der Waals surface area contributed by atoms with Crippen molar-refractivity contribution in [3.63, 3.8) is 0 Å². The highest BCUT2D eigenvalue weighted by molar-refractivity contribution is 5.97. The number of nitrogens with two attached hydrogens (primary N) is 1. The molecule has 1 aliphatic heterocycles. The summed E-state index contributed by atoms with van der Waals surface area (Å²) in [6, 6.07) is -0.717. The molecule has 20 heavy (non-hydrogen) atoms. The van der Waals surface area contributed by atoms with Gasteiger partial charge < -0.3 is 5.73 Å². The maximum Gasteiger partial charge on any atom is 0.397 e. The Morgan fingerprint density at radius 2 is 2.20 bits per heavy atom. The molecule has 0 spiro atoms. The molecule has 0 saturated carbocycles. The molecule has 2 rings (SSSR count). The van der Waals surface area contributed by atoms with E-state index >= 15 is 0 Å². The van der Waals surface area contributed by atoms with Crippen molar-refractivity contribution >= 4 is 11.7 Å². The number of nitrogens with zero attached hydrogens (tertiary/aromatic N) is 2. The number of nitrogens with one attached hydrogen (secondary N) is 1. The van der Waals surface area contributed by atoms with Crippen LogP contribution >= 0.6 is 0 Å². The largest absolute Gasteiger partial charge is 0.397 e. The average molecular weight is 291 g/mol. The minimum Gasteiger partial charge on any atom is -0.365 e. The molecule has 5 nitrogen and oxygen atoms in total. The monoisotopic (exact) mass is 291 g/mol. The predicted octanol–water partition coefficient (Wildman–Crippen LogP) is 1.81. The number of H-pyrrole nitrogens is 1. The fraction of sp³-hybridized carbons (Fsp3) is 0.667. The van der Waals surface area contributed by atoms with Crippen LogP contribution in [0, 0.1) is 5.92 Å². The van der Waals surface area contributed by atoms with Gasteiger partial charge >= 0.3 is 6.18 Å². The zero-order valence-corrected chi connectivity index (χ0v) is 11.4. The molecule has 0 aliphatic carbocycles. The van der Waals surface area contributed by atoms with E-state index in [1.807, 2.05) is 0 Å². The molecule has 112 valence electrons. The van der Waals surface area contributed by atoms with E-state index in [0.717, 1.165) is 0 Å². The average Bonchev–Trinajstić information content (AvgIpc) is 2.81. The number of primary amides is 1. The van der Waals surface area contributed by atoms with Crippen LogP contribution in [0.2, 0.25) is 0 Å². The van der Waals surface area contributed by atoms with Crippen molar-refractivity contribution in [2.24, 2.45) is 11.7 Å². The SMILES string of the molecule is CC1C(C(F)(F)F)CCC[N+]1(C)c1n[nH]cc1C(N)=O. The molecule has 2 heterocycles. The second-order valence-corrected chi connectivity index (χ2v) is 5.51. The number of hydrogen-bond donors (Lipinski definition) is 2. The number of aromatic nitrogens is 2. The maximum atomic E-state index is 13.1. The molecular weight excluding hydrogens is 273 g/mol. The Morgan fingerprint density at radius 3 is 2.75 bits per heavy atom. The summed E-state index contributed by atoms with van der Waals surface area (Å²) >= 11 is 0. The Kier molecular flexibility index (Phi) is 3.53. The van der Waals surface area contributed by atoms with Crippen LogP contribution in [0.1, 0.15) is 30.1 Å². The smallest absolute Gasteiger partial charge is 0.365 e. The highest BCUT2D eigenvalue weighted by atomic mass is 19.4. The number of quaternary nitrogens is 1. The van der Waals surface area contributed by atoms with Gasteiger partial charge in [-0.1, -0.05) is 0 Å². The first-order chi connectivity index (χ1) is 9.18. The van der Waals surface area contributed by atoms with Crippen LogP contribution in [0.5, 0.6) is 0 Å². The number of alkyl halides is 3. The second-order valence-electron chi connectivity index (χ2n) is 5.51. The summed E-state index contributed by atoms with van der Waals surface area (Å²) in [4.78, 5) is 11.4. The highest BCUT2D eigenvalue weighted by Gasteiger charge is 2.54. The normalized spacial score (nSPS) is 31.2. The predicted molar refractivity (Wildman–Crippen MR) is 67.9 cm³/mol. The van der Waals surface area contributed by atoms with Gasteiger partial charge in [-0.2, -0.15) is 13.2 Å². The minimum absolute atomic E-state index is 0.0358. The molecule has 1 aromatic heterocycles. The van der Waals surface area contributed by atoms with Gasteiger partial charge in [0.2, 0.25) is 0 Å². The van der Waals surface area contributed by atoms with E-state index in [0.29, 0.717) is 18.8 Å². The molecule has 1 amide bonds. The molecule has 0 bridgehead atoms. The molecule has 8 heteroatoms. The first-order valence-corrected chi connectivity index (χ1v) is 6.44. The van der Waals surface area contributed by atoms with Gasteiger partial charge in [-0.05, 0) is 19.8 Å². The number of aromatic amines is 1. The third-order valence-corrected chi connectivity index (χ3v) is 4.41. The van der Waals surface area contributed by atoms with Crippen molar-refractivity contribution < 1.29 is 18.0 Å². The molecule has 3 atom stereocenters. The molecule has 1 saturated heterocycles. The topological polar surface area (TPSA) is 71.8 Å². The Labute approximate surface area is 114 Å². The van der Waals surface area contributed by atoms with E-state index in [-0.39, 0.29) is 16.5 Å². The summed E-state index contributed by atoms with van der Waals surface area (Å²) < 4.78 is 39.3. The molecule has 1 fully saturated rings. The lowest BCUT2D eigenvalue weighted by molar-refractivity contribution is -0.196. The van der Waals surface area contributed by atoms with E-state index in [2.05, 4.69) is 10.2 Å². The van der Waals surface area contributed by atoms with Crippen molar-refractivity contribution in [1.29, 1.82) is 0 Å². The van der Waals surface area contributed by atoms with Gasteiger partial charge in [-0.3, -0.25) is 14.4 Å². The van der Waals surface area contributed by atoms with Crippen LogP contribution in [0.25, 0.3) is 0 Å². The number of likely N-dealkylation sites (tertiary alicyclic amines) is 1. The van der Waals surface area contributed by atoms with Crippen molar-refractivity contribution in [1.82, 2.24) is 14.7 Å². The van der Waals surface area contributed by atoms with Gasteiger partial charge in [0.05, 0.1) is 13.6 Å². The first-order valence-electron chi connectivity index (χ1n) is 6.44. The second kappa shape index (κ2) is 4.76. The first kappa shape index (κ1) is 14.8. The van der Waals surface area contributed by atoms with Crippen LogP contribution < -0.4 is 10.2 Å². The van der Waals surface area contributed by atoms with Gasteiger partial charge in [0, 0.05) is 6.20 Å². The fourth-order valence-electron chi connectivity index (χ4n) is 3.07. The van der Waals surface area contributed by atoms with Gasteiger partial charge in [0.25, 0.3) is 11.7 Å². The van der Waals surface area contributed by atoms with Crippen LogP contribution in [0.3, 0.4) is 0 Å². The summed E-state index contributed by atoms with van der Waals surface area (Å²) in [7, 11) is 1.67. The Morgan fingerprint density at radius 1 is 1.55 bits per heavy atom. The van der Waals surface area contributed by atoms with Crippen LogP contribution in [-0.4, -0.2) is 41.9 Å². The number of rotatable bonds is 2. The van der Waals surface area contributed by atoms with Crippen molar-refractivity contribution in [3.8, 4) is 0 Å². The molecule has 0 radical (unpaired) electrons. The Bertz CT molecular complexity index is 513. The highest BCUT2D eigenvalue weighted by Crippen LogP contribution is 2.42. The summed E-state index contributed by atoms with van der Waals surface area (Å²) in [6.07, 6.45) is -2.38. The molecule has 1 aliphatic rings. The van der Waals surface area contributed by atoms with Crippen LogP contribution in [-0.2, 0) is 0 Å². The standard InChI is InChI=1S/C12H17F3N4O/c1-7-9(12(13,14)15)4-3-5-19(7,2)11-8(10(16)20)6-17-18-11/h6-7,9H,3-5H2,1-2H3,(H2-,16,17,18,20)/p+1. The van der Waals surface area contributed by atoms with Crippen molar-refractivity contribution in [2.75, 3.05) is 13.6 Å². The zero-order chi connectivity index (χ0) is 15.1. The molecule has 3 unspecified atom stereocenters. The molecular formula is C12H18F3N4O+. The molecule has 1 aromatic rings. The van der Waals surface area contributed by atoms with E-state index in [1.54, 1.807) is 14.0 Å². The van der Waals surface area contributed by atoms with E-state index < -0.39 is 24.0 Å². The van der Waals surface area contributed by atoms with Gasteiger partial charge in [-0.15, -0.1) is 5.10 Å². The Balaban J connectivity index is 2.43. The lowest BCUT2D eigenvalue weighted by atomic mass is 9.87. The van der Waals surface area contributed by atoms with Gasteiger partial charge in [-0.25, -0.2) is 0 Å². The van der Waals surface area contributed by atoms with E-state index in [4.69, 9.17) is 5.73 Å². The summed E-state index contributed by atoms with van der Waals surface area (Å²) in [6.45, 7) is 2.05. The lowest BCUT2D eigenvalue weighted by Crippen LogP contribution is -2.62. The van der Waals surface area contributed by atoms with E-state index in [9.17, 15) is 18.0 Å². The van der Waals surface area contributed by atoms with Gasteiger partial charge in [0.1, 0.15) is 17.5 Å². The third kappa shape index (κ3) is 2.28. The van der Waals surface area contributed by atoms with E-state index in [1.165, 1.54) is 6.20 Å². The molecule has 0 aromatic carbocycles. The number of carbonyl (C=O) groups excluding carboxylic acids is 1. The maximum absolute atomic E-state index is 13.1. The van der Waals surface area contributed by atoms with Crippen LogP contribution in [0.15, 0.2) is 6.20 Å². The number of hydrogen-bond acceptors (Lipinski definition) is 2. The third-order valence-electron chi connectivity index (χ3n) is 4.41. The zero-order valence-electron chi connectivity index (χ0n) is 11.4. The van der Waals surface area contributed by atoms with Crippen molar-refractivity contribution in [2.45, 2.75) is 32.0 Å². The quantitative estimate of drug-likeness (QED) is 0.816. The van der Waals surface area contributed by atoms with Crippen molar-refractivity contribution in [3.05, 3.63) is 11.8 Å². The number of amides is 1. The summed E-state index contributed by atoms with van der Waals surface area (Å²) in [5, 5.41) is 6.51. The summed E-state index contributed by atoms with van der Waals surface area (Å²) in [5.41, 5.74) is 5.41. The number of piperidine rings is 1. The minimum atomic E-state index is -4.25. The molecule has 3 N–H and O–H groups in total. The number of halogens is 3. The number of carbonyl (C=O) groups is 1. The fourth-order valence-corrected chi connectivity index (χ4v) is 3.07.